The van der Waals surface area contributed by atoms with Gasteiger partial charge in [0.15, 0.2) is 0 Å². The van der Waals surface area contributed by atoms with Crippen molar-refractivity contribution in [2.45, 2.75) is 90.9 Å². The van der Waals surface area contributed by atoms with E-state index in [9.17, 15) is 4.79 Å². The number of hydrogen-bond donors (Lipinski definition) is 0. The van der Waals surface area contributed by atoms with E-state index in [0.717, 1.165) is 0 Å². The van der Waals surface area contributed by atoms with Crippen LogP contribution in [-0.4, -0.2) is 13.1 Å². The Hall–Kier alpha value is -1.05. The number of esters is 1. The highest BCUT2D eigenvalue weighted by Crippen LogP contribution is 2.18. The molecule has 22 heavy (non-hydrogen) atoms. The minimum absolute atomic E-state index is 0.276. The lowest BCUT2D eigenvalue weighted by atomic mass is 9.99. The predicted molar refractivity (Wildman–Crippen MR) is 96.0 cm³/mol. The van der Waals surface area contributed by atoms with Gasteiger partial charge in [0, 0.05) is 6.08 Å². The summed E-state index contributed by atoms with van der Waals surface area (Å²) in [6, 6.07) is 0. The van der Waals surface area contributed by atoms with Crippen LogP contribution in [0.4, 0.5) is 0 Å². The van der Waals surface area contributed by atoms with E-state index in [0.29, 0.717) is 0 Å². The third-order valence-electron chi connectivity index (χ3n) is 3.97. The minimum atomic E-state index is -0.276. The zero-order valence-electron chi connectivity index (χ0n) is 15.0. The van der Waals surface area contributed by atoms with Crippen molar-refractivity contribution in [1.82, 2.24) is 0 Å². The molecule has 0 unspecified atom stereocenters. The molecular formula is C20H36O2. The van der Waals surface area contributed by atoms with Gasteiger partial charge in [0.1, 0.15) is 0 Å². The van der Waals surface area contributed by atoms with E-state index in [-0.39, 0.29) is 5.97 Å². The summed E-state index contributed by atoms with van der Waals surface area (Å²) in [6.45, 7) is 4.50. The molecule has 0 rings (SSSR count). The first kappa shape index (κ1) is 20.9. The number of methoxy groups -OCH3 is 1. The van der Waals surface area contributed by atoms with Crippen molar-refractivity contribution in [2.24, 2.45) is 0 Å². The number of unbranched alkanes of at least 4 members (excludes halogenated alkanes) is 8. The van der Waals surface area contributed by atoms with E-state index < -0.39 is 0 Å². The van der Waals surface area contributed by atoms with E-state index in [1.54, 1.807) is 0 Å². The second kappa shape index (κ2) is 16.3. The molecule has 0 aromatic rings. The normalized spacial score (nSPS) is 10.9. The predicted octanol–water partition coefficient (Wildman–Crippen LogP) is 6.36. The molecule has 0 aromatic carbocycles. The Labute approximate surface area is 138 Å². The molecule has 0 fully saturated rings. The van der Waals surface area contributed by atoms with E-state index in [1.807, 2.05) is 6.08 Å². The second-order valence-electron chi connectivity index (χ2n) is 6.04. The molecule has 0 amide bonds. The summed E-state index contributed by atoms with van der Waals surface area (Å²) in [5, 5.41) is 0. The first-order chi connectivity index (χ1) is 10.7. The molecule has 2 heteroatoms. The highest BCUT2D eigenvalue weighted by atomic mass is 16.5. The Morgan fingerprint density at radius 2 is 1.32 bits per heavy atom. The van der Waals surface area contributed by atoms with Crippen LogP contribution in [0.2, 0.25) is 0 Å². The van der Waals surface area contributed by atoms with Crippen molar-refractivity contribution in [3.05, 3.63) is 23.8 Å². The maximum Gasteiger partial charge on any atom is 0.330 e. The molecule has 0 aliphatic heterocycles. The first-order valence-electron chi connectivity index (χ1n) is 9.18. The van der Waals surface area contributed by atoms with Gasteiger partial charge in [-0.1, -0.05) is 82.9 Å². The average Bonchev–Trinajstić information content (AvgIpc) is 2.53. The molecule has 0 radical (unpaired) electrons. The zero-order chi connectivity index (χ0) is 16.5. The number of carbonyl (C=O) groups excluding carboxylic acids is 1. The summed E-state index contributed by atoms with van der Waals surface area (Å²) in [6.07, 6.45) is 21.0. The summed E-state index contributed by atoms with van der Waals surface area (Å²) in [5.74, 6) is -0.276. The van der Waals surface area contributed by atoms with Gasteiger partial charge in [-0.25, -0.2) is 4.79 Å². The van der Waals surface area contributed by atoms with Crippen LogP contribution in [0, 0.1) is 0 Å². The van der Waals surface area contributed by atoms with Crippen molar-refractivity contribution in [2.75, 3.05) is 7.11 Å². The van der Waals surface area contributed by atoms with E-state index in [2.05, 4.69) is 24.7 Å². The Morgan fingerprint density at radius 3 is 1.77 bits per heavy atom. The molecule has 0 aliphatic rings. The van der Waals surface area contributed by atoms with Crippen molar-refractivity contribution in [3.63, 3.8) is 0 Å². The molecule has 2 nitrogen and oxygen atoms in total. The summed E-state index contributed by atoms with van der Waals surface area (Å²) in [7, 11) is 1.42. The number of hydrogen-bond acceptors (Lipinski definition) is 2. The summed E-state index contributed by atoms with van der Waals surface area (Å²) < 4.78 is 4.63. The van der Waals surface area contributed by atoms with Crippen molar-refractivity contribution in [3.8, 4) is 0 Å². The number of allylic oxidation sites excluding steroid dienone is 3. The Bertz CT molecular complexity index is 300. The lowest BCUT2D eigenvalue weighted by molar-refractivity contribution is -0.134. The molecular weight excluding hydrogens is 272 g/mol. The van der Waals surface area contributed by atoms with E-state index in [1.165, 1.54) is 95.8 Å². The molecule has 0 N–H and O–H groups in total. The standard InChI is InChI=1S/C20H36O2/c1-4-6-8-10-12-15-19(16-13-11-9-7-5-2)17-14-18-20(21)22-3/h14,17-18H,4-13,15-16H2,1-3H3. The minimum Gasteiger partial charge on any atom is -0.466 e. The van der Waals surface area contributed by atoms with Crippen LogP contribution in [0.5, 0.6) is 0 Å². The molecule has 0 aromatic heterocycles. The topological polar surface area (TPSA) is 26.3 Å². The lowest BCUT2D eigenvalue weighted by Crippen LogP contribution is -1.93. The molecule has 0 saturated heterocycles. The van der Waals surface area contributed by atoms with Gasteiger partial charge in [0.05, 0.1) is 7.11 Å². The van der Waals surface area contributed by atoms with E-state index >= 15 is 0 Å². The van der Waals surface area contributed by atoms with Gasteiger partial charge >= 0.3 is 5.97 Å². The fourth-order valence-corrected chi connectivity index (χ4v) is 2.53. The molecule has 0 atom stereocenters. The van der Waals surface area contributed by atoms with Gasteiger partial charge in [-0.05, 0) is 25.7 Å². The Morgan fingerprint density at radius 1 is 0.818 bits per heavy atom. The van der Waals surface area contributed by atoms with Crippen LogP contribution in [0.3, 0.4) is 0 Å². The molecule has 0 heterocycles. The molecule has 128 valence electrons. The lowest BCUT2D eigenvalue weighted by Gasteiger charge is -2.07. The van der Waals surface area contributed by atoms with Crippen LogP contribution >= 0.6 is 0 Å². The van der Waals surface area contributed by atoms with Crippen LogP contribution in [-0.2, 0) is 9.53 Å². The zero-order valence-corrected chi connectivity index (χ0v) is 15.0. The number of ether oxygens (including phenoxy) is 1. The third-order valence-corrected chi connectivity index (χ3v) is 3.97. The number of carbonyl (C=O) groups is 1. The maximum atomic E-state index is 11.1. The first-order valence-corrected chi connectivity index (χ1v) is 9.18. The monoisotopic (exact) mass is 308 g/mol. The van der Waals surface area contributed by atoms with E-state index in [4.69, 9.17) is 0 Å². The van der Waals surface area contributed by atoms with Gasteiger partial charge in [0.25, 0.3) is 0 Å². The third kappa shape index (κ3) is 13.9. The molecule has 0 saturated carbocycles. The Balaban J connectivity index is 4.15. The van der Waals surface area contributed by atoms with Crippen LogP contribution in [0.25, 0.3) is 0 Å². The Kier molecular flexibility index (Phi) is 15.5. The maximum absolute atomic E-state index is 11.1. The second-order valence-corrected chi connectivity index (χ2v) is 6.04. The van der Waals surface area contributed by atoms with Gasteiger partial charge in [-0.15, -0.1) is 0 Å². The fourth-order valence-electron chi connectivity index (χ4n) is 2.53. The molecule has 0 spiro atoms. The number of rotatable bonds is 14. The van der Waals surface area contributed by atoms with Crippen molar-refractivity contribution < 1.29 is 9.53 Å². The largest absolute Gasteiger partial charge is 0.466 e. The van der Waals surface area contributed by atoms with Crippen LogP contribution in [0.15, 0.2) is 23.8 Å². The fraction of sp³-hybridized carbons (Fsp3) is 0.750. The average molecular weight is 309 g/mol. The van der Waals surface area contributed by atoms with Gasteiger partial charge in [0.2, 0.25) is 0 Å². The molecule has 0 aliphatic carbocycles. The SMILES string of the molecule is CCCCCCCC(=CC=CC(=O)OC)CCCCCCC. The van der Waals surface area contributed by atoms with Crippen LogP contribution in [0.1, 0.15) is 90.9 Å². The highest BCUT2D eigenvalue weighted by molar-refractivity contribution is 5.82. The highest BCUT2D eigenvalue weighted by Gasteiger charge is 1.99. The van der Waals surface area contributed by atoms with Gasteiger partial charge < -0.3 is 4.74 Å². The summed E-state index contributed by atoms with van der Waals surface area (Å²) >= 11 is 0. The van der Waals surface area contributed by atoms with Crippen molar-refractivity contribution in [1.29, 1.82) is 0 Å². The smallest absolute Gasteiger partial charge is 0.330 e. The van der Waals surface area contributed by atoms with Crippen molar-refractivity contribution >= 4 is 5.97 Å². The van der Waals surface area contributed by atoms with Gasteiger partial charge in [-0.3, -0.25) is 0 Å². The summed E-state index contributed by atoms with van der Waals surface area (Å²) in [5.41, 5.74) is 1.48. The molecule has 0 bridgehead atoms. The van der Waals surface area contributed by atoms with Crippen LogP contribution < -0.4 is 0 Å². The quantitative estimate of drug-likeness (QED) is 0.161. The van der Waals surface area contributed by atoms with Gasteiger partial charge in [-0.2, -0.15) is 0 Å². The summed E-state index contributed by atoms with van der Waals surface area (Å²) in [4.78, 5) is 11.1.